The second kappa shape index (κ2) is 18.8. The topological polar surface area (TPSA) is 8.17 Å². The SMILES string of the molecule is CC(C)(C)c1ccc(-c2ccc(-c3cccc(N(c4cc(C(C)(C)C)ccc4-c4ccc(C(C)(C)C)cc4)c4ccc5ccc6c(-n7c8ccc(C(C)(C)C)cc8c8cc(C(C)(C)C)ccc87)ccc7ccc4c5c76)c3)cc2)cc1. The molecule has 1 heterocycles. The van der Waals surface area contributed by atoms with E-state index in [1.165, 1.54) is 121 Å². The van der Waals surface area contributed by atoms with Gasteiger partial charge in [0.1, 0.15) is 0 Å². The first kappa shape index (κ1) is 52.7. The number of hydrogen-bond donors (Lipinski definition) is 0. The second-order valence-corrected chi connectivity index (χ2v) is 28.0. The number of rotatable bonds is 7. The van der Waals surface area contributed by atoms with Crippen molar-refractivity contribution in [2.24, 2.45) is 0 Å². The van der Waals surface area contributed by atoms with Gasteiger partial charge in [-0.15, -0.1) is 0 Å². The van der Waals surface area contributed by atoms with Crippen molar-refractivity contribution >= 4 is 71.2 Å². The Labute approximate surface area is 476 Å². The van der Waals surface area contributed by atoms with Gasteiger partial charge < -0.3 is 9.47 Å². The third-order valence-corrected chi connectivity index (χ3v) is 17.2. The lowest BCUT2D eigenvalue weighted by Gasteiger charge is -2.32. The summed E-state index contributed by atoms with van der Waals surface area (Å²) in [6, 6.07) is 77.2. The predicted molar refractivity (Wildman–Crippen MR) is 349 cm³/mol. The molecule has 0 amide bonds. The fraction of sp³-hybridized carbons (Fsp3) is 0.256. The standard InChI is InChI=1S/C78H78N2/c1-74(2,3)56-31-23-50(24-32-56)49-19-21-51(22-20-49)55-17-16-18-61(45-55)79(71-48-60(78(13,14)15)35-40-62(71)52-25-33-57(34-26-52)75(4,5)6)67-41-29-53-28-39-64-68(42-30-54-27-38-63(67)72(53)73(54)64)80-69-43-36-58(76(7,8)9)46-65(69)66-47-59(77(10,11)12)37-44-70(66)80/h16-48H,1-15H3. The second-order valence-electron chi connectivity index (χ2n) is 28.0. The first-order valence-electron chi connectivity index (χ1n) is 29.0. The summed E-state index contributed by atoms with van der Waals surface area (Å²) in [5, 5.41) is 10.1. The molecule has 11 aromatic carbocycles. The molecule has 1 aromatic heterocycles. The number of fused-ring (bicyclic) bond motifs is 3. The Morgan fingerprint density at radius 3 is 1.23 bits per heavy atom. The number of anilines is 3. The highest BCUT2D eigenvalue weighted by atomic mass is 15.1. The van der Waals surface area contributed by atoms with Gasteiger partial charge in [0.15, 0.2) is 0 Å². The molecule has 0 atom stereocenters. The number of nitrogens with zero attached hydrogens (tertiary/aromatic N) is 2. The van der Waals surface area contributed by atoms with E-state index in [4.69, 9.17) is 0 Å². The van der Waals surface area contributed by atoms with Crippen LogP contribution >= 0.6 is 0 Å². The summed E-state index contributed by atoms with van der Waals surface area (Å²) in [6.45, 7) is 34.6. The third-order valence-electron chi connectivity index (χ3n) is 17.2. The van der Waals surface area contributed by atoms with Crippen molar-refractivity contribution in [1.82, 2.24) is 4.57 Å². The summed E-state index contributed by atoms with van der Waals surface area (Å²) in [6.07, 6.45) is 0. The minimum Gasteiger partial charge on any atom is -0.309 e. The van der Waals surface area contributed by atoms with Crippen LogP contribution in [0.4, 0.5) is 17.1 Å². The van der Waals surface area contributed by atoms with Gasteiger partial charge in [0.2, 0.25) is 0 Å². The van der Waals surface area contributed by atoms with Crippen molar-refractivity contribution in [2.75, 3.05) is 4.90 Å². The predicted octanol–water partition coefficient (Wildman–Crippen LogP) is 22.6. The highest BCUT2D eigenvalue weighted by Crippen LogP contribution is 2.50. The maximum Gasteiger partial charge on any atom is 0.0543 e. The van der Waals surface area contributed by atoms with E-state index >= 15 is 0 Å². The van der Waals surface area contributed by atoms with Crippen LogP contribution in [0.15, 0.2) is 200 Å². The van der Waals surface area contributed by atoms with Crippen LogP contribution in [0.3, 0.4) is 0 Å². The van der Waals surface area contributed by atoms with Gasteiger partial charge >= 0.3 is 0 Å². The molecule has 0 aliphatic rings. The molecule has 0 bridgehead atoms. The molecule has 0 saturated heterocycles. The summed E-state index contributed by atoms with van der Waals surface area (Å²) in [4.78, 5) is 2.57. The monoisotopic (exact) mass is 1040 g/mol. The van der Waals surface area contributed by atoms with Gasteiger partial charge in [0, 0.05) is 32.8 Å². The Bertz CT molecular complexity index is 4250. The highest BCUT2D eigenvalue weighted by molar-refractivity contribution is 6.27. The number of aromatic nitrogens is 1. The fourth-order valence-corrected chi connectivity index (χ4v) is 12.2. The smallest absolute Gasteiger partial charge is 0.0543 e. The molecule has 12 aromatic rings. The molecule has 0 saturated carbocycles. The molecular formula is C78H78N2. The van der Waals surface area contributed by atoms with Crippen LogP contribution in [0.5, 0.6) is 0 Å². The van der Waals surface area contributed by atoms with Crippen LogP contribution in [0.25, 0.3) is 93.2 Å². The molecule has 0 spiro atoms. The van der Waals surface area contributed by atoms with Crippen LogP contribution in [-0.4, -0.2) is 4.57 Å². The molecular weight excluding hydrogens is 965 g/mol. The Morgan fingerprint density at radius 2 is 0.700 bits per heavy atom. The fourth-order valence-electron chi connectivity index (χ4n) is 12.2. The normalized spacial score (nSPS) is 12.9. The number of benzene rings is 11. The van der Waals surface area contributed by atoms with Crippen molar-refractivity contribution in [3.8, 4) is 39.1 Å². The minimum absolute atomic E-state index is 0.0151. The summed E-state index contributed by atoms with van der Waals surface area (Å²) in [5.74, 6) is 0. The van der Waals surface area contributed by atoms with Crippen LogP contribution < -0.4 is 4.90 Å². The zero-order valence-corrected chi connectivity index (χ0v) is 49.9. The van der Waals surface area contributed by atoms with E-state index in [1.807, 2.05) is 0 Å². The Hall–Kier alpha value is -7.94. The van der Waals surface area contributed by atoms with Gasteiger partial charge in [0.25, 0.3) is 0 Å². The van der Waals surface area contributed by atoms with E-state index in [1.54, 1.807) is 0 Å². The van der Waals surface area contributed by atoms with Crippen molar-refractivity contribution in [1.29, 1.82) is 0 Å². The molecule has 0 fully saturated rings. The molecule has 0 aliphatic heterocycles. The van der Waals surface area contributed by atoms with Gasteiger partial charge in [-0.25, -0.2) is 0 Å². The Balaban J connectivity index is 1.09. The van der Waals surface area contributed by atoms with E-state index in [0.717, 1.165) is 17.1 Å². The van der Waals surface area contributed by atoms with Crippen molar-refractivity contribution in [3.63, 3.8) is 0 Å². The molecule has 2 nitrogen and oxygen atoms in total. The largest absolute Gasteiger partial charge is 0.309 e. The van der Waals surface area contributed by atoms with Crippen LogP contribution in [-0.2, 0) is 27.1 Å². The molecule has 400 valence electrons. The molecule has 0 aliphatic carbocycles. The first-order valence-corrected chi connectivity index (χ1v) is 29.0. The minimum atomic E-state index is -0.0970. The summed E-state index contributed by atoms with van der Waals surface area (Å²) in [5.41, 5.74) is 20.9. The first-order chi connectivity index (χ1) is 37.8. The molecule has 0 unspecified atom stereocenters. The lowest BCUT2D eigenvalue weighted by atomic mass is 9.84. The maximum atomic E-state index is 2.57. The quantitative estimate of drug-likeness (QED) is 0.144. The number of hydrogen-bond acceptors (Lipinski definition) is 1. The molecule has 2 heteroatoms. The summed E-state index contributed by atoms with van der Waals surface area (Å²) >= 11 is 0. The Kier molecular flexibility index (Phi) is 12.4. The van der Waals surface area contributed by atoms with Gasteiger partial charge in [-0.2, -0.15) is 0 Å². The Morgan fingerprint density at radius 1 is 0.287 bits per heavy atom. The van der Waals surface area contributed by atoms with Crippen LogP contribution in [0.2, 0.25) is 0 Å². The zero-order valence-electron chi connectivity index (χ0n) is 49.9. The van der Waals surface area contributed by atoms with Crippen LogP contribution in [0, 0.1) is 0 Å². The maximum absolute atomic E-state index is 2.57. The van der Waals surface area contributed by atoms with Gasteiger partial charge in [0.05, 0.1) is 28.1 Å². The van der Waals surface area contributed by atoms with E-state index < -0.39 is 0 Å². The average molecular weight is 1040 g/mol. The highest BCUT2D eigenvalue weighted by Gasteiger charge is 2.27. The van der Waals surface area contributed by atoms with Gasteiger partial charge in [-0.3, -0.25) is 0 Å². The average Bonchev–Trinajstić information content (AvgIpc) is 3.77. The summed E-state index contributed by atoms with van der Waals surface area (Å²) in [7, 11) is 0. The van der Waals surface area contributed by atoms with Crippen molar-refractivity contribution in [2.45, 2.75) is 131 Å². The van der Waals surface area contributed by atoms with E-state index in [0.29, 0.717) is 0 Å². The zero-order chi connectivity index (χ0) is 56.4. The van der Waals surface area contributed by atoms with Crippen LogP contribution in [0.1, 0.15) is 132 Å². The van der Waals surface area contributed by atoms with E-state index in [-0.39, 0.29) is 27.1 Å². The molecule has 80 heavy (non-hydrogen) atoms. The van der Waals surface area contributed by atoms with Crippen molar-refractivity contribution < 1.29 is 0 Å². The molecule has 0 radical (unpaired) electrons. The van der Waals surface area contributed by atoms with E-state index in [9.17, 15) is 0 Å². The van der Waals surface area contributed by atoms with Gasteiger partial charge in [-0.1, -0.05) is 249 Å². The van der Waals surface area contributed by atoms with E-state index in [2.05, 4.69) is 314 Å². The van der Waals surface area contributed by atoms with Crippen molar-refractivity contribution in [3.05, 3.63) is 228 Å². The van der Waals surface area contributed by atoms with Gasteiger partial charge in [-0.05, 0) is 159 Å². The third kappa shape index (κ3) is 9.35. The lowest BCUT2D eigenvalue weighted by molar-refractivity contribution is 0.590. The molecule has 0 N–H and O–H groups in total. The lowest BCUT2D eigenvalue weighted by Crippen LogP contribution is -2.16. The summed E-state index contributed by atoms with van der Waals surface area (Å²) < 4.78 is 2.54. The molecule has 12 rings (SSSR count).